The number of ether oxygens (including phenoxy) is 1. The lowest BCUT2D eigenvalue weighted by Gasteiger charge is -2.08. The van der Waals surface area contributed by atoms with Gasteiger partial charge < -0.3 is 4.74 Å². The standard InChI is InChI=1S/C9H19NO4S/c1-4-8(2)9(11)14-7-5-6-10-15(3,12)13/h8,10H,4-7H2,1-3H3. The largest absolute Gasteiger partial charge is 0.465 e. The Morgan fingerprint density at radius 3 is 2.53 bits per heavy atom. The van der Waals surface area contributed by atoms with E-state index in [4.69, 9.17) is 4.74 Å². The summed E-state index contributed by atoms with van der Waals surface area (Å²) in [6.45, 7) is 4.27. The van der Waals surface area contributed by atoms with Gasteiger partial charge in [0.1, 0.15) is 0 Å². The molecule has 1 atom stereocenters. The van der Waals surface area contributed by atoms with Crippen LogP contribution in [0.4, 0.5) is 0 Å². The minimum Gasteiger partial charge on any atom is -0.465 e. The Hall–Kier alpha value is -0.620. The maximum absolute atomic E-state index is 11.2. The molecule has 1 N–H and O–H groups in total. The van der Waals surface area contributed by atoms with Crippen LogP contribution in [0.2, 0.25) is 0 Å². The van der Waals surface area contributed by atoms with Gasteiger partial charge in [0.25, 0.3) is 0 Å². The summed E-state index contributed by atoms with van der Waals surface area (Å²) in [7, 11) is -3.14. The Labute approximate surface area is 91.2 Å². The van der Waals surface area contributed by atoms with E-state index in [2.05, 4.69) is 4.72 Å². The van der Waals surface area contributed by atoms with Crippen LogP contribution < -0.4 is 4.72 Å². The van der Waals surface area contributed by atoms with Crippen LogP contribution in [0.15, 0.2) is 0 Å². The van der Waals surface area contributed by atoms with Gasteiger partial charge >= 0.3 is 5.97 Å². The second kappa shape index (κ2) is 6.79. The Kier molecular flexibility index (Phi) is 6.51. The number of hydrogen-bond donors (Lipinski definition) is 1. The molecular formula is C9H19NO4S. The van der Waals surface area contributed by atoms with E-state index in [1.807, 2.05) is 6.92 Å². The first kappa shape index (κ1) is 14.4. The zero-order valence-corrected chi connectivity index (χ0v) is 10.3. The molecule has 0 saturated heterocycles. The first-order valence-electron chi connectivity index (χ1n) is 4.98. The molecule has 5 nitrogen and oxygen atoms in total. The number of hydrogen-bond acceptors (Lipinski definition) is 4. The molecular weight excluding hydrogens is 218 g/mol. The molecule has 0 aliphatic heterocycles. The summed E-state index contributed by atoms with van der Waals surface area (Å²) in [5.41, 5.74) is 0. The predicted molar refractivity (Wildman–Crippen MR) is 57.9 cm³/mol. The van der Waals surface area contributed by atoms with Crippen LogP contribution in [0, 0.1) is 5.92 Å². The zero-order chi connectivity index (χ0) is 11.9. The van der Waals surface area contributed by atoms with E-state index >= 15 is 0 Å². The number of carbonyl (C=O) groups is 1. The average Bonchev–Trinajstić information content (AvgIpc) is 2.14. The molecule has 6 heteroatoms. The lowest BCUT2D eigenvalue weighted by molar-refractivity contribution is -0.148. The molecule has 0 rings (SSSR count). The van der Waals surface area contributed by atoms with Gasteiger partial charge in [-0.1, -0.05) is 13.8 Å². The van der Waals surface area contributed by atoms with Gasteiger partial charge in [0.15, 0.2) is 0 Å². The second-order valence-electron chi connectivity index (χ2n) is 3.50. The van der Waals surface area contributed by atoms with Gasteiger partial charge in [-0.3, -0.25) is 4.79 Å². The highest BCUT2D eigenvalue weighted by Gasteiger charge is 2.11. The Balaban J connectivity index is 3.51. The molecule has 0 amide bonds. The Bertz CT molecular complexity index is 286. The van der Waals surface area contributed by atoms with Gasteiger partial charge in [-0.2, -0.15) is 0 Å². The molecule has 90 valence electrons. The summed E-state index contributed by atoms with van der Waals surface area (Å²) < 4.78 is 28.6. The van der Waals surface area contributed by atoms with E-state index in [1.165, 1.54) is 0 Å². The fourth-order valence-corrected chi connectivity index (χ4v) is 1.33. The quantitative estimate of drug-likeness (QED) is 0.517. The zero-order valence-electron chi connectivity index (χ0n) is 9.45. The third-order valence-electron chi connectivity index (χ3n) is 1.94. The number of rotatable bonds is 7. The molecule has 0 aromatic carbocycles. The van der Waals surface area contributed by atoms with Crippen molar-refractivity contribution < 1.29 is 17.9 Å². The van der Waals surface area contributed by atoms with Crippen molar-refractivity contribution in [2.45, 2.75) is 26.7 Å². The van der Waals surface area contributed by atoms with Gasteiger partial charge in [-0.25, -0.2) is 13.1 Å². The van der Waals surface area contributed by atoms with Crippen molar-refractivity contribution in [1.82, 2.24) is 4.72 Å². The SMILES string of the molecule is CCC(C)C(=O)OCCCNS(C)(=O)=O. The summed E-state index contributed by atoms with van der Waals surface area (Å²) in [6, 6.07) is 0. The van der Waals surface area contributed by atoms with Gasteiger partial charge in [-0.15, -0.1) is 0 Å². The van der Waals surface area contributed by atoms with Crippen molar-refractivity contribution in [1.29, 1.82) is 0 Å². The van der Waals surface area contributed by atoms with Crippen molar-refractivity contribution >= 4 is 16.0 Å². The minimum absolute atomic E-state index is 0.0899. The van der Waals surface area contributed by atoms with Crippen LogP contribution in [-0.2, 0) is 19.6 Å². The number of carbonyl (C=O) groups excluding carboxylic acids is 1. The molecule has 0 fully saturated rings. The number of sulfonamides is 1. The third kappa shape index (κ3) is 8.38. The monoisotopic (exact) mass is 237 g/mol. The smallest absolute Gasteiger partial charge is 0.308 e. The van der Waals surface area contributed by atoms with Crippen molar-refractivity contribution in [3.63, 3.8) is 0 Å². The summed E-state index contributed by atoms with van der Waals surface area (Å²) in [4.78, 5) is 11.2. The summed E-state index contributed by atoms with van der Waals surface area (Å²) in [6.07, 6.45) is 2.34. The lowest BCUT2D eigenvalue weighted by atomic mass is 10.1. The highest BCUT2D eigenvalue weighted by Crippen LogP contribution is 2.03. The van der Waals surface area contributed by atoms with Crippen molar-refractivity contribution in [3.8, 4) is 0 Å². The molecule has 0 aromatic heterocycles. The molecule has 0 saturated carbocycles. The topological polar surface area (TPSA) is 72.5 Å². The predicted octanol–water partition coefficient (Wildman–Crippen LogP) is 0.515. The van der Waals surface area contributed by atoms with E-state index in [9.17, 15) is 13.2 Å². The van der Waals surface area contributed by atoms with Gasteiger partial charge in [0.2, 0.25) is 10.0 Å². The van der Waals surface area contributed by atoms with Crippen molar-refractivity contribution in [2.75, 3.05) is 19.4 Å². The first-order valence-corrected chi connectivity index (χ1v) is 6.87. The van der Waals surface area contributed by atoms with Crippen LogP contribution in [0.1, 0.15) is 26.7 Å². The maximum atomic E-state index is 11.2. The average molecular weight is 237 g/mol. The van der Waals surface area contributed by atoms with E-state index in [0.717, 1.165) is 12.7 Å². The van der Waals surface area contributed by atoms with E-state index in [1.54, 1.807) is 6.92 Å². The van der Waals surface area contributed by atoms with Gasteiger partial charge in [0, 0.05) is 6.54 Å². The second-order valence-corrected chi connectivity index (χ2v) is 5.33. The number of nitrogens with one attached hydrogen (secondary N) is 1. The molecule has 0 aromatic rings. The molecule has 0 radical (unpaired) electrons. The molecule has 0 aliphatic rings. The summed E-state index contributed by atoms with van der Waals surface area (Å²) in [5.74, 6) is -0.315. The Morgan fingerprint density at radius 1 is 1.47 bits per heavy atom. The molecule has 0 spiro atoms. The van der Waals surface area contributed by atoms with Crippen molar-refractivity contribution in [3.05, 3.63) is 0 Å². The van der Waals surface area contributed by atoms with Crippen LogP contribution in [0.3, 0.4) is 0 Å². The van der Waals surface area contributed by atoms with Gasteiger partial charge in [-0.05, 0) is 12.8 Å². The normalized spacial score (nSPS) is 13.5. The van der Waals surface area contributed by atoms with E-state index in [-0.39, 0.29) is 18.5 Å². The molecule has 0 bridgehead atoms. The fourth-order valence-electron chi connectivity index (χ4n) is 0.811. The highest BCUT2D eigenvalue weighted by molar-refractivity contribution is 7.88. The van der Waals surface area contributed by atoms with E-state index in [0.29, 0.717) is 13.0 Å². The summed E-state index contributed by atoms with van der Waals surface area (Å²) in [5, 5.41) is 0. The van der Waals surface area contributed by atoms with Gasteiger partial charge in [0.05, 0.1) is 18.8 Å². The van der Waals surface area contributed by atoms with E-state index < -0.39 is 10.0 Å². The van der Waals surface area contributed by atoms with Crippen LogP contribution in [-0.4, -0.2) is 33.8 Å². The molecule has 15 heavy (non-hydrogen) atoms. The maximum Gasteiger partial charge on any atom is 0.308 e. The third-order valence-corrected chi connectivity index (χ3v) is 2.67. The number of esters is 1. The minimum atomic E-state index is -3.14. The highest BCUT2D eigenvalue weighted by atomic mass is 32.2. The van der Waals surface area contributed by atoms with Crippen molar-refractivity contribution in [2.24, 2.45) is 5.92 Å². The lowest BCUT2D eigenvalue weighted by Crippen LogP contribution is -2.24. The first-order chi connectivity index (χ1) is 6.87. The van der Waals surface area contributed by atoms with Crippen LogP contribution >= 0.6 is 0 Å². The fraction of sp³-hybridized carbons (Fsp3) is 0.889. The molecule has 1 unspecified atom stereocenters. The van der Waals surface area contributed by atoms with Crippen LogP contribution in [0.5, 0.6) is 0 Å². The summed E-state index contributed by atoms with van der Waals surface area (Å²) >= 11 is 0. The molecule has 0 heterocycles. The van der Waals surface area contributed by atoms with Crippen LogP contribution in [0.25, 0.3) is 0 Å². The Morgan fingerprint density at radius 2 is 2.07 bits per heavy atom. The molecule has 0 aliphatic carbocycles.